The molecule has 21 heavy (non-hydrogen) atoms. The number of rotatable bonds is 4. The van der Waals surface area contributed by atoms with Crippen LogP contribution in [0.2, 0.25) is 0 Å². The molecule has 1 fully saturated rings. The fourth-order valence-electron chi connectivity index (χ4n) is 2.74. The predicted octanol–water partition coefficient (Wildman–Crippen LogP) is 1.62. The van der Waals surface area contributed by atoms with Crippen molar-refractivity contribution in [3.8, 4) is 11.5 Å². The molecule has 116 valence electrons. The summed E-state index contributed by atoms with van der Waals surface area (Å²) in [6.07, 6.45) is 2.94. The maximum atomic E-state index is 12.4. The first-order valence-corrected chi connectivity index (χ1v) is 8.65. The van der Waals surface area contributed by atoms with Gasteiger partial charge in [-0.15, -0.1) is 0 Å². The van der Waals surface area contributed by atoms with Crippen molar-refractivity contribution in [1.82, 2.24) is 9.03 Å². The number of ether oxygens (including phenoxy) is 2. The molecular formula is C14H20N2O4S. The number of nitrogens with one attached hydrogen (secondary N) is 1. The Morgan fingerprint density at radius 3 is 2.90 bits per heavy atom. The van der Waals surface area contributed by atoms with Gasteiger partial charge >= 0.3 is 0 Å². The zero-order valence-electron chi connectivity index (χ0n) is 12.0. The van der Waals surface area contributed by atoms with Crippen LogP contribution in [0.25, 0.3) is 0 Å². The molecule has 2 aliphatic rings. The van der Waals surface area contributed by atoms with Gasteiger partial charge < -0.3 is 9.47 Å². The molecule has 0 radical (unpaired) electrons. The second kappa shape index (κ2) is 5.82. The van der Waals surface area contributed by atoms with Gasteiger partial charge in [0.2, 0.25) is 6.79 Å². The van der Waals surface area contributed by atoms with Crippen molar-refractivity contribution in [2.45, 2.75) is 38.8 Å². The van der Waals surface area contributed by atoms with Gasteiger partial charge in [0.15, 0.2) is 11.5 Å². The lowest BCUT2D eigenvalue weighted by atomic mass is 10.1. The van der Waals surface area contributed by atoms with Crippen LogP contribution in [0.15, 0.2) is 18.2 Å². The molecule has 1 atom stereocenters. The van der Waals surface area contributed by atoms with Crippen molar-refractivity contribution < 1.29 is 17.9 Å². The van der Waals surface area contributed by atoms with Crippen LogP contribution in [0.1, 0.15) is 31.7 Å². The van der Waals surface area contributed by atoms with Gasteiger partial charge in [-0.2, -0.15) is 17.4 Å². The number of hydrogen-bond acceptors (Lipinski definition) is 4. The lowest BCUT2D eigenvalue weighted by Crippen LogP contribution is -2.47. The second-order valence-electron chi connectivity index (χ2n) is 5.47. The van der Waals surface area contributed by atoms with Gasteiger partial charge in [0.05, 0.1) is 0 Å². The van der Waals surface area contributed by atoms with Gasteiger partial charge in [-0.05, 0) is 37.5 Å². The molecule has 1 saturated heterocycles. The van der Waals surface area contributed by atoms with Crippen LogP contribution in [-0.2, 0) is 16.8 Å². The molecule has 0 unspecified atom stereocenters. The van der Waals surface area contributed by atoms with Crippen LogP contribution >= 0.6 is 0 Å². The molecular weight excluding hydrogens is 292 g/mol. The molecule has 6 nitrogen and oxygen atoms in total. The van der Waals surface area contributed by atoms with E-state index >= 15 is 0 Å². The summed E-state index contributed by atoms with van der Waals surface area (Å²) in [6.45, 7) is 3.02. The number of piperidine rings is 1. The van der Waals surface area contributed by atoms with E-state index in [1.165, 1.54) is 0 Å². The highest BCUT2D eigenvalue weighted by Crippen LogP contribution is 2.32. The third kappa shape index (κ3) is 3.14. The van der Waals surface area contributed by atoms with Gasteiger partial charge in [-0.1, -0.05) is 12.5 Å². The Morgan fingerprint density at radius 1 is 1.29 bits per heavy atom. The van der Waals surface area contributed by atoms with Crippen LogP contribution in [0.3, 0.4) is 0 Å². The fraction of sp³-hybridized carbons (Fsp3) is 0.571. The first-order chi connectivity index (χ1) is 10.1. The zero-order chi connectivity index (χ0) is 14.9. The maximum Gasteiger partial charge on any atom is 0.279 e. The van der Waals surface area contributed by atoms with E-state index in [-0.39, 0.29) is 19.4 Å². The molecule has 0 bridgehead atoms. The average Bonchev–Trinajstić information content (AvgIpc) is 2.93. The summed E-state index contributed by atoms with van der Waals surface area (Å²) in [7, 11) is -3.43. The number of nitrogens with zero attached hydrogens (tertiary/aromatic N) is 1. The Bertz CT molecular complexity index is 617. The molecule has 2 aliphatic heterocycles. The molecule has 1 aromatic carbocycles. The van der Waals surface area contributed by atoms with Crippen molar-refractivity contribution in [1.29, 1.82) is 0 Å². The summed E-state index contributed by atoms with van der Waals surface area (Å²) in [4.78, 5) is 0. The minimum Gasteiger partial charge on any atom is -0.454 e. The standard InChI is InChI=1S/C14H20N2O4S/c1-11-4-2-3-7-16(11)21(17,18)15-9-12-5-6-13-14(8-12)20-10-19-13/h5-6,8,11,15H,2-4,7,9-10H2,1H3/t11-/m0/s1. The first-order valence-electron chi connectivity index (χ1n) is 7.21. The molecule has 1 N–H and O–H groups in total. The molecule has 0 amide bonds. The van der Waals surface area contributed by atoms with Crippen LogP contribution < -0.4 is 14.2 Å². The van der Waals surface area contributed by atoms with Crippen molar-refractivity contribution in [3.63, 3.8) is 0 Å². The van der Waals surface area contributed by atoms with Gasteiger partial charge in [-0.25, -0.2) is 0 Å². The summed E-state index contributed by atoms with van der Waals surface area (Å²) in [5, 5.41) is 0. The van der Waals surface area contributed by atoms with E-state index in [2.05, 4.69) is 4.72 Å². The summed E-state index contributed by atoms with van der Waals surface area (Å²) >= 11 is 0. The highest BCUT2D eigenvalue weighted by Gasteiger charge is 2.29. The molecule has 0 saturated carbocycles. The highest BCUT2D eigenvalue weighted by atomic mass is 32.2. The predicted molar refractivity (Wildman–Crippen MR) is 78.3 cm³/mol. The monoisotopic (exact) mass is 312 g/mol. The van der Waals surface area contributed by atoms with Crippen molar-refractivity contribution >= 4 is 10.2 Å². The van der Waals surface area contributed by atoms with Crippen molar-refractivity contribution in [2.24, 2.45) is 0 Å². The van der Waals surface area contributed by atoms with E-state index in [4.69, 9.17) is 9.47 Å². The molecule has 2 heterocycles. The summed E-state index contributed by atoms with van der Waals surface area (Å²) in [5.74, 6) is 1.37. The van der Waals surface area contributed by atoms with E-state index < -0.39 is 10.2 Å². The topological polar surface area (TPSA) is 67.9 Å². The van der Waals surface area contributed by atoms with E-state index in [9.17, 15) is 8.42 Å². The lowest BCUT2D eigenvalue weighted by molar-refractivity contribution is 0.174. The Hall–Kier alpha value is -1.31. The average molecular weight is 312 g/mol. The summed E-state index contributed by atoms with van der Waals surface area (Å²) < 4.78 is 39.5. The SMILES string of the molecule is C[C@H]1CCCCN1S(=O)(=O)NCc1ccc2c(c1)OCO2. The second-order valence-corrected chi connectivity index (χ2v) is 7.18. The highest BCUT2D eigenvalue weighted by molar-refractivity contribution is 7.87. The third-order valence-electron chi connectivity index (χ3n) is 3.95. The summed E-state index contributed by atoms with van der Waals surface area (Å²) in [5.41, 5.74) is 0.854. The smallest absolute Gasteiger partial charge is 0.279 e. The number of benzene rings is 1. The molecule has 0 aliphatic carbocycles. The zero-order valence-corrected chi connectivity index (χ0v) is 12.9. The van der Waals surface area contributed by atoms with E-state index in [0.717, 1.165) is 24.8 Å². The van der Waals surface area contributed by atoms with E-state index in [1.807, 2.05) is 19.1 Å². The molecule has 3 rings (SSSR count). The molecule has 0 spiro atoms. The van der Waals surface area contributed by atoms with Crippen LogP contribution in [0, 0.1) is 0 Å². The van der Waals surface area contributed by atoms with Gasteiger partial charge in [0.25, 0.3) is 10.2 Å². The number of hydrogen-bond donors (Lipinski definition) is 1. The molecule has 1 aromatic rings. The fourth-order valence-corrected chi connectivity index (χ4v) is 4.20. The van der Waals surface area contributed by atoms with Gasteiger partial charge in [0, 0.05) is 19.1 Å². The molecule has 0 aromatic heterocycles. The minimum absolute atomic E-state index is 0.0630. The lowest BCUT2D eigenvalue weighted by Gasteiger charge is -2.32. The van der Waals surface area contributed by atoms with E-state index in [1.54, 1.807) is 10.4 Å². The minimum atomic E-state index is -3.43. The summed E-state index contributed by atoms with van der Waals surface area (Å²) in [6, 6.07) is 5.52. The van der Waals surface area contributed by atoms with Crippen LogP contribution in [-0.4, -0.2) is 32.1 Å². The van der Waals surface area contributed by atoms with Gasteiger partial charge in [-0.3, -0.25) is 0 Å². The maximum absolute atomic E-state index is 12.4. The quantitative estimate of drug-likeness (QED) is 0.917. The Morgan fingerprint density at radius 2 is 2.10 bits per heavy atom. The normalized spacial score (nSPS) is 22.4. The third-order valence-corrected chi connectivity index (χ3v) is 5.62. The van der Waals surface area contributed by atoms with E-state index in [0.29, 0.717) is 18.0 Å². The van der Waals surface area contributed by atoms with Crippen molar-refractivity contribution in [2.75, 3.05) is 13.3 Å². The first kappa shape index (κ1) is 14.6. The number of fused-ring (bicyclic) bond motifs is 1. The Kier molecular flexibility index (Phi) is 4.05. The Balaban J connectivity index is 1.66. The van der Waals surface area contributed by atoms with Crippen LogP contribution in [0.4, 0.5) is 0 Å². The largest absolute Gasteiger partial charge is 0.454 e. The molecule has 7 heteroatoms. The Labute approximate surface area is 125 Å². The van der Waals surface area contributed by atoms with Gasteiger partial charge in [0.1, 0.15) is 0 Å². The van der Waals surface area contributed by atoms with Crippen LogP contribution in [0.5, 0.6) is 11.5 Å². The van der Waals surface area contributed by atoms with Crippen molar-refractivity contribution in [3.05, 3.63) is 23.8 Å².